The van der Waals surface area contributed by atoms with Crippen LogP contribution in [0.4, 0.5) is 11.4 Å². The van der Waals surface area contributed by atoms with Crippen LogP contribution >= 0.6 is 0 Å². The summed E-state index contributed by atoms with van der Waals surface area (Å²) in [5.74, 6) is 0. The lowest BCUT2D eigenvalue weighted by Gasteiger charge is -2.04. The summed E-state index contributed by atoms with van der Waals surface area (Å²) < 4.78 is 1.08. The first-order valence-electron chi connectivity index (χ1n) is 12.8. The maximum Gasteiger partial charge on any atom is 0.301 e. The highest BCUT2D eigenvalue weighted by Gasteiger charge is 2.22. The predicted molar refractivity (Wildman–Crippen MR) is 138 cm³/mol. The third-order valence-corrected chi connectivity index (χ3v) is 6.09. The molecule has 9 heteroatoms. The molecule has 0 saturated heterocycles. The second-order valence-electron chi connectivity index (χ2n) is 8.98. The van der Waals surface area contributed by atoms with E-state index in [2.05, 4.69) is 24.2 Å². The molecule has 0 aliphatic rings. The van der Waals surface area contributed by atoms with E-state index in [0.717, 1.165) is 42.5 Å². The average molecular weight is 487 g/mol. The van der Waals surface area contributed by atoms with Crippen LogP contribution < -0.4 is 5.56 Å². The van der Waals surface area contributed by atoms with Crippen LogP contribution in [0.3, 0.4) is 0 Å². The second kappa shape index (κ2) is 15.6. The molecule has 2 rings (SSSR count). The van der Waals surface area contributed by atoms with Gasteiger partial charge in [0.1, 0.15) is 5.69 Å². The normalized spacial score (nSPS) is 11.3. The zero-order chi connectivity index (χ0) is 25.5. The molecule has 1 aromatic heterocycles. The number of aromatic nitrogens is 2. The van der Waals surface area contributed by atoms with E-state index in [9.17, 15) is 25.0 Å². The Kier molecular flexibility index (Phi) is 12.5. The number of aryl methyl sites for hydroxylation is 1. The van der Waals surface area contributed by atoms with E-state index in [1.54, 1.807) is 0 Å². The van der Waals surface area contributed by atoms with E-state index < -0.39 is 26.8 Å². The van der Waals surface area contributed by atoms with E-state index in [1.807, 2.05) is 0 Å². The fourth-order valence-corrected chi connectivity index (χ4v) is 4.10. The van der Waals surface area contributed by atoms with Gasteiger partial charge in [-0.1, -0.05) is 70.4 Å². The van der Waals surface area contributed by atoms with E-state index >= 15 is 0 Å². The first-order valence-corrected chi connectivity index (χ1v) is 12.8. The van der Waals surface area contributed by atoms with Crippen LogP contribution in [-0.2, 0) is 6.42 Å². The molecule has 35 heavy (non-hydrogen) atoms. The quantitative estimate of drug-likeness (QED) is 0.103. The molecule has 0 spiro atoms. The van der Waals surface area contributed by atoms with Crippen LogP contribution in [0.2, 0.25) is 0 Å². The molecule has 0 amide bonds. The van der Waals surface area contributed by atoms with Crippen molar-refractivity contribution in [2.45, 2.75) is 96.8 Å². The molecule has 0 saturated carbocycles. The molecule has 9 nitrogen and oxygen atoms in total. The number of unbranched alkanes of at least 4 members (excludes halogenated alkanes) is 11. The summed E-state index contributed by atoms with van der Waals surface area (Å²) in [5, 5.41) is 25.2. The highest BCUT2D eigenvalue weighted by Crippen LogP contribution is 2.26. The molecule has 2 aromatic rings. The summed E-state index contributed by atoms with van der Waals surface area (Å²) in [5.41, 5.74) is -0.629. The van der Waals surface area contributed by atoms with E-state index in [4.69, 9.17) is 0 Å². The fourth-order valence-electron chi connectivity index (χ4n) is 4.10. The number of nitro benzene ring substituents is 2. The lowest BCUT2D eigenvalue weighted by molar-refractivity contribution is -0.394. The molecule has 192 valence electrons. The van der Waals surface area contributed by atoms with Crippen molar-refractivity contribution < 1.29 is 9.85 Å². The van der Waals surface area contributed by atoms with Gasteiger partial charge in [0.05, 0.1) is 15.9 Å². The summed E-state index contributed by atoms with van der Waals surface area (Å²) in [6, 6.07) is 4.67. The van der Waals surface area contributed by atoms with Gasteiger partial charge in [0.15, 0.2) is 0 Å². The maximum absolute atomic E-state index is 12.4. The summed E-state index contributed by atoms with van der Waals surface area (Å²) in [4.78, 5) is 33.2. The van der Waals surface area contributed by atoms with Crippen molar-refractivity contribution in [1.29, 1.82) is 0 Å². The number of allylic oxidation sites excluding steroid dienone is 2. The highest BCUT2D eigenvalue weighted by atomic mass is 16.6. The van der Waals surface area contributed by atoms with Crippen molar-refractivity contribution in [1.82, 2.24) is 9.78 Å². The van der Waals surface area contributed by atoms with Gasteiger partial charge in [-0.15, -0.1) is 0 Å². The minimum Gasteiger partial charge on any atom is -0.295 e. The number of non-ortho nitro benzene ring substituents is 1. The van der Waals surface area contributed by atoms with Crippen LogP contribution in [0.25, 0.3) is 5.69 Å². The number of rotatable bonds is 18. The maximum atomic E-state index is 12.4. The molecule has 0 bridgehead atoms. The van der Waals surface area contributed by atoms with Crippen LogP contribution in [0.5, 0.6) is 0 Å². The highest BCUT2D eigenvalue weighted by molar-refractivity contribution is 5.57. The molecular weight excluding hydrogens is 448 g/mol. The summed E-state index contributed by atoms with van der Waals surface area (Å²) in [6.07, 6.45) is 21.1. The zero-order valence-corrected chi connectivity index (χ0v) is 20.7. The Morgan fingerprint density at radius 3 is 2.03 bits per heavy atom. The molecule has 0 unspecified atom stereocenters. The van der Waals surface area contributed by atoms with Crippen molar-refractivity contribution in [3.8, 4) is 5.69 Å². The minimum atomic E-state index is -0.723. The number of aromatic amines is 1. The van der Waals surface area contributed by atoms with E-state index in [0.29, 0.717) is 12.1 Å². The third-order valence-electron chi connectivity index (χ3n) is 6.09. The number of nitro groups is 2. The van der Waals surface area contributed by atoms with Crippen LogP contribution in [0.15, 0.2) is 41.2 Å². The SMILES string of the molecule is CCCCCCCC/C=C\CCCCCCCc1cc(=O)n(-c2ccc([N+](=O)[O-])cc2[N+](=O)[O-])[nH]1. The van der Waals surface area contributed by atoms with Crippen LogP contribution in [0, 0.1) is 20.2 Å². The first kappa shape index (κ1) is 28.0. The van der Waals surface area contributed by atoms with Gasteiger partial charge >= 0.3 is 5.69 Å². The summed E-state index contributed by atoms with van der Waals surface area (Å²) in [7, 11) is 0. The summed E-state index contributed by atoms with van der Waals surface area (Å²) in [6.45, 7) is 2.24. The van der Waals surface area contributed by atoms with Gasteiger partial charge in [-0.3, -0.25) is 30.1 Å². The topological polar surface area (TPSA) is 124 Å². The Labute approximate surface area is 206 Å². The molecule has 0 aliphatic carbocycles. The molecule has 1 aromatic carbocycles. The largest absolute Gasteiger partial charge is 0.301 e. The van der Waals surface area contributed by atoms with Crippen molar-refractivity contribution >= 4 is 11.4 Å². The summed E-state index contributed by atoms with van der Waals surface area (Å²) >= 11 is 0. The van der Waals surface area contributed by atoms with E-state index in [1.165, 1.54) is 69.9 Å². The van der Waals surface area contributed by atoms with Crippen molar-refractivity contribution in [3.05, 3.63) is 72.7 Å². The van der Waals surface area contributed by atoms with Gasteiger partial charge in [0, 0.05) is 17.8 Å². The number of nitrogens with zero attached hydrogens (tertiary/aromatic N) is 3. The predicted octanol–water partition coefficient (Wildman–Crippen LogP) is 7.17. The lowest BCUT2D eigenvalue weighted by Crippen LogP contribution is -2.15. The molecule has 0 atom stereocenters. The molecule has 1 N–H and O–H groups in total. The fraction of sp³-hybridized carbons (Fsp3) is 0.577. The number of hydrogen-bond donors (Lipinski definition) is 1. The molecular formula is C26H38N4O5. The van der Waals surface area contributed by atoms with Gasteiger partial charge in [-0.25, -0.2) is 4.68 Å². The lowest BCUT2D eigenvalue weighted by atomic mass is 10.1. The van der Waals surface area contributed by atoms with E-state index in [-0.39, 0.29) is 5.69 Å². The average Bonchev–Trinajstić information content (AvgIpc) is 3.21. The van der Waals surface area contributed by atoms with Gasteiger partial charge in [0.25, 0.3) is 11.2 Å². The van der Waals surface area contributed by atoms with Gasteiger partial charge in [0.2, 0.25) is 0 Å². The second-order valence-corrected chi connectivity index (χ2v) is 8.98. The van der Waals surface area contributed by atoms with Crippen LogP contribution in [0.1, 0.15) is 96.1 Å². The molecule has 0 radical (unpaired) electrons. The molecule has 0 fully saturated rings. The Morgan fingerprint density at radius 1 is 0.829 bits per heavy atom. The Balaban J connectivity index is 1.68. The standard InChI is InChI=1S/C26H38N4O5/c1-2-3-4-5-6-7-8-9-10-11-12-13-14-15-16-17-22-20-26(31)28(27-22)24-19-18-23(29(32)33)21-25(24)30(34)35/h9-10,18-21,27H,2-8,11-17H2,1H3/b10-9-. The first-order chi connectivity index (χ1) is 16.9. The van der Waals surface area contributed by atoms with Gasteiger partial charge in [-0.2, -0.15) is 0 Å². The number of H-pyrrole nitrogens is 1. The molecule has 1 heterocycles. The minimum absolute atomic E-state index is 0.0126. The smallest absolute Gasteiger partial charge is 0.295 e. The molecule has 0 aliphatic heterocycles. The van der Waals surface area contributed by atoms with Crippen molar-refractivity contribution in [2.75, 3.05) is 0 Å². The Morgan fingerprint density at radius 2 is 1.43 bits per heavy atom. The third kappa shape index (κ3) is 9.88. The Bertz CT molecular complexity index is 1020. The van der Waals surface area contributed by atoms with Crippen LogP contribution in [-0.4, -0.2) is 19.6 Å². The zero-order valence-electron chi connectivity index (χ0n) is 20.7. The monoisotopic (exact) mass is 486 g/mol. The number of nitrogens with one attached hydrogen (secondary N) is 1. The number of hydrogen-bond acceptors (Lipinski definition) is 5. The number of benzene rings is 1. The van der Waals surface area contributed by atoms with Gasteiger partial charge < -0.3 is 0 Å². The van der Waals surface area contributed by atoms with Crippen molar-refractivity contribution in [3.63, 3.8) is 0 Å². The van der Waals surface area contributed by atoms with Gasteiger partial charge in [-0.05, 0) is 44.6 Å². The van der Waals surface area contributed by atoms with Crippen molar-refractivity contribution in [2.24, 2.45) is 0 Å². The Hall–Kier alpha value is -3.23.